The van der Waals surface area contributed by atoms with E-state index in [9.17, 15) is 13.6 Å². The van der Waals surface area contributed by atoms with Gasteiger partial charge >= 0.3 is 0 Å². The zero-order valence-electron chi connectivity index (χ0n) is 21.6. The zero-order chi connectivity index (χ0) is 27.7. The highest BCUT2D eigenvalue weighted by Gasteiger charge is 2.49. The predicted molar refractivity (Wildman–Crippen MR) is 145 cm³/mol. The Morgan fingerprint density at radius 3 is 2.59 bits per heavy atom. The van der Waals surface area contributed by atoms with E-state index in [0.29, 0.717) is 35.8 Å². The van der Waals surface area contributed by atoms with Crippen molar-refractivity contribution in [2.45, 2.75) is 38.0 Å². The number of aliphatic hydroxyl groups is 1. The number of ether oxygens (including phenoxy) is 2. The van der Waals surface area contributed by atoms with Gasteiger partial charge in [0.25, 0.3) is 5.91 Å². The highest BCUT2D eigenvalue weighted by Crippen LogP contribution is 2.33. The van der Waals surface area contributed by atoms with Crippen molar-refractivity contribution >= 4 is 17.9 Å². The van der Waals surface area contributed by atoms with Crippen LogP contribution in [-0.4, -0.2) is 41.8 Å². The van der Waals surface area contributed by atoms with Gasteiger partial charge in [-0.15, -0.1) is 0 Å². The van der Waals surface area contributed by atoms with E-state index < -0.39 is 29.2 Å². The third kappa shape index (κ3) is 7.07. The van der Waals surface area contributed by atoms with Gasteiger partial charge in [-0.2, -0.15) is 0 Å². The molecule has 0 radical (unpaired) electrons. The first-order valence-electron chi connectivity index (χ1n) is 12.7. The highest BCUT2D eigenvalue weighted by atomic mass is 19.2. The number of aliphatic imine (C=N–C) groups is 1. The molecule has 0 saturated heterocycles. The monoisotopic (exact) mass is 535 g/mol. The van der Waals surface area contributed by atoms with Crippen molar-refractivity contribution in [3.05, 3.63) is 107 Å². The van der Waals surface area contributed by atoms with E-state index in [1.165, 1.54) is 6.07 Å². The predicted octanol–water partition coefficient (Wildman–Crippen LogP) is 4.55. The molecule has 9 heteroatoms. The number of benzene rings is 3. The molecule has 0 unspecified atom stereocenters. The van der Waals surface area contributed by atoms with Crippen molar-refractivity contribution in [3.8, 4) is 5.75 Å². The lowest BCUT2D eigenvalue weighted by atomic mass is 9.89. The van der Waals surface area contributed by atoms with Crippen LogP contribution in [0.2, 0.25) is 0 Å². The van der Waals surface area contributed by atoms with Crippen LogP contribution < -0.4 is 15.6 Å². The van der Waals surface area contributed by atoms with Gasteiger partial charge < -0.3 is 14.6 Å². The smallest absolute Gasteiger partial charge is 0.266 e. The first-order valence-corrected chi connectivity index (χ1v) is 12.7. The highest BCUT2D eigenvalue weighted by molar-refractivity contribution is 6.00. The van der Waals surface area contributed by atoms with Gasteiger partial charge in [-0.3, -0.25) is 10.2 Å². The number of hydrazine groups is 1. The summed E-state index contributed by atoms with van der Waals surface area (Å²) in [5.74, 6) is -1.34. The van der Waals surface area contributed by atoms with Gasteiger partial charge in [0.05, 0.1) is 6.61 Å². The molecule has 3 N–H and O–H groups in total. The van der Waals surface area contributed by atoms with Crippen LogP contribution in [-0.2, 0) is 16.1 Å². The Bertz CT molecular complexity index is 1320. The summed E-state index contributed by atoms with van der Waals surface area (Å²) in [6.45, 7) is 2.33. The Hall–Kier alpha value is -4.08. The second-order valence-corrected chi connectivity index (χ2v) is 9.12. The number of hydrogen-bond donors (Lipinski definition) is 3. The third-order valence-corrected chi connectivity index (χ3v) is 6.34. The molecule has 0 fully saturated rings. The van der Waals surface area contributed by atoms with E-state index in [1.807, 2.05) is 42.5 Å². The molecule has 0 aliphatic carbocycles. The first kappa shape index (κ1) is 27.9. The Morgan fingerprint density at radius 1 is 1.10 bits per heavy atom. The summed E-state index contributed by atoms with van der Waals surface area (Å²) >= 11 is 0. The maximum absolute atomic E-state index is 13.6. The van der Waals surface area contributed by atoms with Gasteiger partial charge in [-0.05, 0) is 54.4 Å². The fourth-order valence-corrected chi connectivity index (χ4v) is 4.11. The van der Waals surface area contributed by atoms with Crippen molar-refractivity contribution in [1.82, 2.24) is 10.9 Å². The lowest BCUT2D eigenvalue weighted by molar-refractivity contribution is -0.129. The first-order chi connectivity index (χ1) is 18.9. The minimum absolute atomic E-state index is 0.0547. The fraction of sp³-hybridized carbons (Fsp3) is 0.267. The van der Waals surface area contributed by atoms with Gasteiger partial charge in [0, 0.05) is 31.6 Å². The van der Waals surface area contributed by atoms with Crippen LogP contribution in [0.1, 0.15) is 36.5 Å². The van der Waals surface area contributed by atoms with E-state index in [2.05, 4.69) is 10.9 Å². The second-order valence-electron chi connectivity index (χ2n) is 9.12. The molecule has 0 bridgehead atoms. The van der Waals surface area contributed by atoms with Gasteiger partial charge in [0.1, 0.15) is 11.9 Å². The number of carbonyl (C=O) groups excluding carboxylic acids is 1. The Balaban J connectivity index is 1.52. The van der Waals surface area contributed by atoms with E-state index in [0.717, 1.165) is 17.7 Å². The van der Waals surface area contributed by atoms with Crippen molar-refractivity contribution < 1.29 is 28.2 Å². The van der Waals surface area contributed by atoms with E-state index >= 15 is 0 Å². The Labute approximate surface area is 226 Å². The lowest BCUT2D eigenvalue weighted by Crippen LogP contribution is -2.54. The SMILES string of the molecule is C[C@@H]1OC(c2ccc(OCCCO)cc2)=N[C@]1(C/C=C/c1ccccc1)C(=O)NNCc1ccc(F)c(F)c1. The number of aliphatic hydroxyl groups excluding tert-OH is 1. The second kappa shape index (κ2) is 13.1. The molecule has 39 heavy (non-hydrogen) atoms. The maximum atomic E-state index is 13.6. The van der Waals surface area contributed by atoms with Crippen molar-refractivity contribution in [1.29, 1.82) is 0 Å². The molecule has 1 heterocycles. The molecule has 1 amide bonds. The lowest BCUT2D eigenvalue weighted by Gasteiger charge is -2.27. The number of hydrogen-bond acceptors (Lipinski definition) is 6. The molecule has 3 aromatic carbocycles. The van der Waals surface area contributed by atoms with Crippen LogP contribution in [0.25, 0.3) is 6.08 Å². The summed E-state index contributed by atoms with van der Waals surface area (Å²) in [5.41, 5.74) is 6.32. The number of amides is 1. The number of nitrogens with one attached hydrogen (secondary N) is 2. The molecule has 1 aliphatic heterocycles. The normalized spacial score (nSPS) is 18.6. The average molecular weight is 536 g/mol. The van der Waals surface area contributed by atoms with E-state index in [1.54, 1.807) is 31.2 Å². The fourth-order valence-electron chi connectivity index (χ4n) is 4.11. The van der Waals surface area contributed by atoms with Crippen LogP contribution in [0.5, 0.6) is 5.75 Å². The van der Waals surface area contributed by atoms with Crippen LogP contribution >= 0.6 is 0 Å². The van der Waals surface area contributed by atoms with Gasteiger partial charge in [-0.25, -0.2) is 19.2 Å². The quantitative estimate of drug-likeness (QED) is 0.234. The number of carbonyl (C=O) groups is 1. The topological polar surface area (TPSA) is 92.2 Å². The van der Waals surface area contributed by atoms with Crippen LogP contribution in [0.3, 0.4) is 0 Å². The largest absolute Gasteiger partial charge is 0.494 e. The average Bonchev–Trinajstić information content (AvgIpc) is 3.28. The number of rotatable bonds is 12. The van der Waals surface area contributed by atoms with Crippen LogP contribution in [0, 0.1) is 11.6 Å². The molecule has 1 aliphatic rings. The molecule has 2 atom stereocenters. The van der Waals surface area contributed by atoms with Crippen molar-refractivity contribution in [2.75, 3.05) is 13.2 Å². The molecule has 4 rings (SSSR count). The molecule has 0 saturated carbocycles. The van der Waals surface area contributed by atoms with E-state index in [-0.39, 0.29) is 19.6 Å². The summed E-state index contributed by atoms with van der Waals surface area (Å²) in [7, 11) is 0. The van der Waals surface area contributed by atoms with Crippen molar-refractivity contribution in [3.63, 3.8) is 0 Å². The Kier molecular flexibility index (Phi) is 9.40. The molecular weight excluding hydrogens is 504 g/mol. The molecule has 3 aromatic rings. The number of halogens is 2. The minimum Gasteiger partial charge on any atom is -0.494 e. The third-order valence-electron chi connectivity index (χ3n) is 6.34. The van der Waals surface area contributed by atoms with Crippen LogP contribution in [0.4, 0.5) is 8.78 Å². The maximum Gasteiger partial charge on any atom is 0.266 e. The summed E-state index contributed by atoms with van der Waals surface area (Å²) in [4.78, 5) is 18.3. The summed E-state index contributed by atoms with van der Waals surface area (Å²) in [5, 5.41) is 8.93. The summed E-state index contributed by atoms with van der Waals surface area (Å²) < 4.78 is 38.5. The summed E-state index contributed by atoms with van der Waals surface area (Å²) in [6, 6.07) is 20.4. The zero-order valence-corrected chi connectivity index (χ0v) is 21.6. The van der Waals surface area contributed by atoms with Crippen molar-refractivity contribution in [2.24, 2.45) is 4.99 Å². The standard InChI is InChI=1S/C30H31F2N3O4/c1-21-30(16-5-9-22-7-3-2-4-8-22,29(37)35-33-20-23-10-15-26(31)27(32)19-23)34-28(39-21)24-11-13-25(14-12-24)38-18-6-17-36/h2-5,7-15,19,21,33,36H,6,16-18,20H2,1H3,(H,35,37)/b9-5+/t21-,30-/m0/s1. The molecule has 7 nitrogen and oxygen atoms in total. The Morgan fingerprint density at radius 2 is 1.87 bits per heavy atom. The molecular formula is C30H31F2N3O4. The molecule has 0 aromatic heterocycles. The van der Waals surface area contributed by atoms with Gasteiger partial charge in [0.2, 0.25) is 5.90 Å². The minimum atomic E-state index is -1.28. The van der Waals surface area contributed by atoms with Gasteiger partial charge in [-0.1, -0.05) is 48.6 Å². The van der Waals surface area contributed by atoms with Crippen LogP contribution in [0.15, 0.2) is 83.9 Å². The summed E-state index contributed by atoms with van der Waals surface area (Å²) in [6.07, 6.45) is 4.00. The molecule has 0 spiro atoms. The number of nitrogens with zero attached hydrogens (tertiary/aromatic N) is 1. The van der Waals surface area contributed by atoms with Gasteiger partial charge in [0.15, 0.2) is 17.2 Å². The molecule has 204 valence electrons. The van der Waals surface area contributed by atoms with E-state index in [4.69, 9.17) is 19.6 Å².